The van der Waals surface area contributed by atoms with Crippen molar-refractivity contribution < 1.29 is 22.7 Å². The van der Waals surface area contributed by atoms with E-state index in [1.807, 2.05) is 26.2 Å². The zero-order valence-electron chi connectivity index (χ0n) is 22.0. The number of hydrogen-bond donors (Lipinski definition) is 0. The second-order valence-electron chi connectivity index (χ2n) is 9.09. The molecule has 0 unspecified atom stereocenters. The first-order valence-corrected chi connectivity index (χ1v) is 13.1. The van der Waals surface area contributed by atoms with Gasteiger partial charge >= 0.3 is 0 Å². The van der Waals surface area contributed by atoms with E-state index in [1.165, 1.54) is 16.9 Å². The summed E-state index contributed by atoms with van der Waals surface area (Å²) in [7, 11) is 5.20. The fourth-order valence-corrected chi connectivity index (χ4v) is 5.33. The van der Waals surface area contributed by atoms with Gasteiger partial charge in [-0.25, -0.2) is 8.42 Å². The fourth-order valence-electron chi connectivity index (χ4n) is 3.77. The molecule has 0 saturated heterocycles. The fraction of sp³-hybridized carbons (Fsp3) is 0.500. The molecule has 35 heavy (non-hydrogen) atoms. The highest BCUT2D eigenvalue weighted by atomic mass is 32.2. The molecule has 2 aromatic rings. The molecule has 2 rings (SSSR count). The van der Waals surface area contributed by atoms with Crippen molar-refractivity contribution in [2.45, 2.75) is 31.7 Å². The van der Waals surface area contributed by atoms with Gasteiger partial charge in [-0.1, -0.05) is 24.3 Å². The Hall–Kier alpha value is -2.46. The van der Waals surface area contributed by atoms with E-state index in [2.05, 4.69) is 17.0 Å². The highest BCUT2D eigenvalue weighted by Crippen LogP contribution is 2.27. The van der Waals surface area contributed by atoms with Crippen molar-refractivity contribution in [3.63, 3.8) is 0 Å². The first kappa shape index (κ1) is 28.8. The molecule has 0 heterocycles. The molecule has 194 valence electrons. The minimum absolute atomic E-state index is 0.106. The van der Waals surface area contributed by atoms with Crippen LogP contribution in [0.2, 0.25) is 0 Å². The minimum Gasteiger partial charge on any atom is -0.497 e. The molecular weight excluding hydrogens is 466 g/mol. The van der Waals surface area contributed by atoms with Crippen LogP contribution >= 0.6 is 0 Å². The van der Waals surface area contributed by atoms with E-state index in [4.69, 9.17) is 9.47 Å². The number of carbonyl (C=O) groups excluding carboxylic acids is 1. The Kier molecular flexibility index (Phi) is 10.7. The number of nitrogens with zero attached hydrogens (tertiary/aromatic N) is 3. The first-order valence-electron chi connectivity index (χ1n) is 11.6. The van der Waals surface area contributed by atoms with Crippen molar-refractivity contribution in [2.75, 3.05) is 61.6 Å². The SMILES string of the molecule is COc1cc(C)c(S(=O)(=O)N(C)CCOCC(=O)N(C)Cc2cccc(CCN(C)C)c2)c(C)c1. The van der Waals surface area contributed by atoms with E-state index in [0.29, 0.717) is 23.4 Å². The van der Waals surface area contributed by atoms with Crippen LogP contribution in [0.3, 0.4) is 0 Å². The molecule has 0 radical (unpaired) electrons. The van der Waals surface area contributed by atoms with Gasteiger partial charge in [0.15, 0.2) is 0 Å². The van der Waals surface area contributed by atoms with Crippen molar-refractivity contribution in [1.82, 2.24) is 14.1 Å². The van der Waals surface area contributed by atoms with Crippen molar-refractivity contribution in [3.8, 4) is 5.75 Å². The number of hydrogen-bond acceptors (Lipinski definition) is 6. The molecule has 1 amide bonds. The van der Waals surface area contributed by atoms with Crippen LogP contribution in [0.25, 0.3) is 0 Å². The number of carbonyl (C=O) groups is 1. The summed E-state index contributed by atoms with van der Waals surface area (Å²) in [5.41, 5.74) is 3.54. The lowest BCUT2D eigenvalue weighted by Gasteiger charge is -2.21. The number of ether oxygens (including phenoxy) is 2. The molecule has 0 aromatic heterocycles. The highest BCUT2D eigenvalue weighted by Gasteiger charge is 2.25. The summed E-state index contributed by atoms with van der Waals surface area (Å²) >= 11 is 0. The third kappa shape index (κ3) is 8.31. The van der Waals surface area contributed by atoms with Gasteiger partial charge in [-0.05, 0) is 68.8 Å². The van der Waals surface area contributed by atoms with Crippen LogP contribution in [0.15, 0.2) is 41.3 Å². The molecule has 0 aliphatic carbocycles. The Bertz CT molecular complexity index is 1080. The van der Waals surface area contributed by atoms with Gasteiger partial charge in [0.1, 0.15) is 12.4 Å². The van der Waals surface area contributed by atoms with Crippen molar-refractivity contribution in [1.29, 1.82) is 0 Å². The summed E-state index contributed by atoms with van der Waals surface area (Å²) in [6.07, 6.45) is 0.952. The summed E-state index contributed by atoms with van der Waals surface area (Å²) in [6, 6.07) is 11.6. The molecule has 0 aliphatic rings. The largest absolute Gasteiger partial charge is 0.497 e. The van der Waals surface area contributed by atoms with Gasteiger partial charge in [0.2, 0.25) is 15.9 Å². The maximum Gasteiger partial charge on any atom is 0.248 e. The minimum atomic E-state index is -3.70. The normalized spacial score (nSPS) is 11.8. The Balaban J connectivity index is 1.86. The number of amides is 1. The lowest BCUT2D eigenvalue weighted by atomic mass is 10.1. The van der Waals surface area contributed by atoms with Gasteiger partial charge in [0.05, 0.1) is 18.6 Å². The Morgan fingerprint density at radius 1 is 0.943 bits per heavy atom. The standard InChI is InChI=1S/C26H39N3O5S/c1-20-15-24(33-7)16-21(2)26(20)35(31,32)29(6)13-14-34-19-25(30)28(5)18-23-10-8-9-22(17-23)11-12-27(3)4/h8-10,15-17H,11-14,18-19H2,1-7H3. The topological polar surface area (TPSA) is 79.4 Å². The average molecular weight is 506 g/mol. The van der Waals surface area contributed by atoms with Gasteiger partial charge in [-0.2, -0.15) is 4.31 Å². The van der Waals surface area contributed by atoms with Crippen LogP contribution in [-0.4, -0.2) is 90.0 Å². The third-order valence-corrected chi connectivity index (χ3v) is 7.96. The molecule has 8 nitrogen and oxygen atoms in total. The van der Waals surface area contributed by atoms with Crippen LogP contribution in [0.5, 0.6) is 5.75 Å². The number of benzene rings is 2. The summed E-state index contributed by atoms with van der Waals surface area (Å²) in [6.45, 7) is 5.10. The van der Waals surface area contributed by atoms with E-state index in [1.54, 1.807) is 45.0 Å². The third-order valence-electron chi connectivity index (χ3n) is 5.80. The lowest BCUT2D eigenvalue weighted by Crippen LogP contribution is -2.33. The van der Waals surface area contributed by atoms with Gasteiger partial charge in [-0.15, -0.1) is 0 Å². The summed E-state index contributed by atoms with van der Waals surface area (Å²) in [5, 5.41) is 0. The summed E-state index contributed by atoms with van der Waals surface area (Å²) < 4.78 is 38.1. The lowest BCUT2D eigenvalue weighted by molar-refractivity contribution is -0.135. The van der Waals surface area contributed by atoms with Crippen LogP contribution < -0.4 is 4.74 Å². The van der Waals surface area contributed by atoms with Gasteiger partial charge < -0.3 is 19.3 Å². The van der Waals surface area contributed by atoms with E-state index in [-0.39, 0.29) is 30.6 Å². The Morgan fingerprint density at radius 3 is 2.17 bits per heavy atom. The number of aryl methyl sites for hydroxylation is 2. The molecule has 0 bridgehead atoms. The molecule has 2 aromatic carbocycles. The monoisotopic (exact) mass is 505 g/mol. The van der Waals surface area contributed by atoms with Gasteiger partial charge in [0, 0.05) is 33.7 Å². The van der Waals surface area contributed by atoms with E-state index >= 15 is 0 Å². The molecule has 0 N–H and O–H groups in total. The average Bonchev–Trinajstić information content (AvgIpc) is 2.79. The molecule has 0 atom stereocenters. The number of methoxy groups -OCH3 is 1. The molecular formula is C26H39N3O5S. The maximum absolute atomic E-state index is 13.1. The van der Waals surface area contributed by atoms with E-state index in [0.717, 1.165) is 18.5 Å². The Labute approximate surface area is 210 Å². The molecule has 0 spiro atoms. The Morgan fingerprint density at radius 2 is 1.57 bits per heavy atom. The van der Waals surface area contributed by atoms with Crippen LogP contribution in [-0.2, 0) is 32.5 Å². The zero-order valence-corrected chi connectivity index (χ0v) is 22.8. The van der Waals surface area contributed by atoms with Crippen molar-refractivity contribution >= 4 is 15.9 Å². The highest BCUT2D eigenvalue weighted by molar-refractivity contribution is 7.89. The van der Waals surface area contributed by atoms with Crippen molar-refractivity contribution in [2.24, 2.45) is 0 Å². The van der Waals surface area contributed by atoms with Crippen LogP contribution in [0, 0.1) is 13.8 Å². The molecule has 9 heteroatoms. The predicted molar refractivity (Wildman–Crippen MR) is 138 cm³/mol. The second-order valence-corrected chi connectivity index (χ2v) is 11.1. The van der Waals surface area contributed by atoms with Gasteiger partial charge in [0.25, 0.3) is 0 Å². The number of rotatable bonds is 13. The molecule has 0 saturated carbocycles. The smallest absolute Gasteiger partial charge is 0.248 e. The van der Waals surface area contributed by atoms with Crippen LogP contribution in [0.4, 0.5) is 0 Å². The van der Waals surface area contributed by atoms with Crippen LogP contribution in [0.1, 0.15) is 22.3 Å². The summed E-state index contributed by atoms with van der Waals surface area (Å²) in [5.74, 6) is 0.462. The second kappa shape index (κ2) is 13.0. The predicted octanol–water partition coefficient (Wildman–Crippen LogP) is 2.71. The number of sulfonamides is 1. The van der Waals surface area contributed by atoms with Crippen molar-refractivity contribution in [3.05, 3.63) is 58.7 Å². The molecule has 0 fully saturated rings. The number of likely N-dealkylation sites (N-methyl/N-ethyl adjacent to an activating group) is 3. The maximum atomic E-state index is 13.1. The zero-order chi connectivity index (χ0) is 26.2. The first-order chi connectivity index (χ1) is 16.4. The quantitative estimate of drug-likeness (QED) is 0.390. The van der Waals surface area contributed by atoms with E-state index in [9.17, 15) is 13.2 Å². The van der Waals surface area contributed by atoms with Gasteiger partial charge in [-0.3, -0.25) is 4.79 Å². The summed E-state index contributed by atoms with van der Waals surface area (Å²) in [4.78, 5) is 16.5. The van der Waals surface area contributed by atoms with E-state index < -0.39 is 10.0 Å². The molecule has 0 aliphatic heterocycles.